The van der Waals surface area contributed by atoms with Gasteiger partial charge < -0.3 is 18.9 Å². The maximum absolute atomic E-state index is 12.5. The highest BCUT2D eigenvalue weighted by atomic mass is 16.7. The third-order valence-corrected chi connectivity index (χ3v) is 5.94. The van der Waals surface area contributed by atoms with E-state index in [0.29, 0.717) is 33.4 Å². The lowest BCUT2D eigenvalue weighted by atomic mass is 10.0. The minimum atomic E-state index is -0.575. The number of rotatable bonds is 14. The maximum Gasteiger partial charge on any atom is 0.340 e. The average Bonchev–Trinajstić information content (AvgIpc) is 3.04. The van der Waals surface area contributed by atoms with Gasteiger partial charge in [-0.1, -0.05) is 84.9 Å². The predicted molar refractivity (Wildman–Crippen MR) is 150 cm³/mol. The van der Waals surface area contributed by atoms with Crippen molar-refractivity contribution < 1.29 is 38.1 Å². The Morgan fingerprint density at radius 2 is 0.756 bits per heavy atom. The van der Waals surface area contributed by atoms with Crippen LogP contribution < -0.4 is 0 Å². The SMILES string of the molecule is O=C(OCCOCCOCOC(=O)c1ccc(C(=O)c2ccccc2)cc1)c1ccc(C(=O)c2ccccc2)cc1. The highest BCUT2D eigenvalue weighted by Gasteiger charge is 2.13. The number of hydrogen-bond acceptors (Lipinski definition) is 8. The van der Waals surface area contributed by atoms with Crippen LogP contribution in [0.5, 0.6) is 0 Å². The number of hydrogen-bond donors (Lipinski definition) is 0. The molecular formula is C33H28O8. The summed E-state index contributed by atoms with van der Waals surface area (Å²) in [6.45, 7) is 0.323. The number of carbonyl (C=O) groups excluding carboxylic acids is 4. The second kappa shape index (κ2) is 15.0. The minimum Gasteiger partial charge on any atom is -0.460 e. The minimum absolute atomic E-state index is 0.0429. The monoisotopic (exact) mass is 552 g/mol. The summed E-state index contributed by atoms with van der Waals surface area (Å²) >= 11 is 0. The van der Waals surface area contributed by atoms with Crippen LogP contribution in [0.25, 0.3) is 0 Å². The van der Waals surface area contributed by atoms with Gasteiger partial charge in [0.25, 0.3) is 0 Å². The Kier molecular flexibility index (Phi) is 10.7. The summed E-state index contributed by atoms with van der Waals surface area (Å²) < 4.78 is 20.9. The highest BCUT2D eigenvalue weighted by Crippen LogP contribution is 2.13. The van der Waals surface area contributed by atoms with E-state index in [1.165, 1.54) is 12.1 Å². The highest BCUT2D eigenvalue weighted by molar-refractivity contribution is 6.10. The van der Waals surface area contributed by atoms with Crippen molar-refractivity contribution in [2.24, 2.45) is 0 Å². The predicted octanol–water partition coefficient (Wildman–Crippen LogP) is 5.15. The van der Waals surface area contributed by atoms with Gasteiger partial charge in [-0.25, -0.2) is 9.59 Å². The van der Waals surface area contributed by atoms with Gasteiger partial charge in [-0.15, -0.1) is 0 Å². The van der Waals surface area contributed by atoms with Gasteiger partial charge in [0.1, 0.15) is 6.61 Å². The summed E-state index contributed by atoms with van der Waals surface area (Å²) in [7, 11) is 0. The van der Waals surface area contributed by atoms with Gasteiger partial charge in [0, 0.05) is 22.3 Å². The fourth-order valence-electron chi connectivity index (χ4n) is 3.76. The van der Waals surface area contributed by atoms with Crippen LogP contribution in [0.1, 0.15) is 52.6 Å². The summed E-state index contributed by atoms with van der Waals surface area (Å²) in [5.41, 5.74) is 2.73. The molecule has 41 heavy (non-hydrogen) atoms. The molecule has 0 saturated carbocycles. The Morgan fingerprint density at radius 3 is 1.24 bits per heavy atom. The molecule has 0 saturated heterocycles. The number of ether oxygens (including phenoxy) is 4. The van der Waals surface area contributed by atoms with Gasteiger partial charge in [-0.3, -0.25) is 9.59 Å². The third kappa shape index (κ3) is 8.53. The Bertz CT molecular complexity index is 1330. The molecule has 0 N–H and O–H groups in total. The lowest BCUT2D eigenvalue weighted by Gasteiger charge is -2.08. The fourth-order valence-corrected chi connectivity index (χ4v) is 3.76. The zero-order valence-electron chi connectivity index (χ0n) is 22.2. The lowest BCUT2D eigenvalue weighted by molar-refractivity contribution is -0.0505. The van der Waals surface area contributed by atoms with Crippen LogP contribution in [0.3, 0.4) is 0 Å². The zero-order chi connectivity index (χ0) is 28.9. The van der Waals surface area contributed by atoms with E-state index in [-0.39, 0.29) is 44.8 Å². The molecule has 0 aromatic heterocycles. The molecule has 0 atom stereocenters. The van der Waals surface area contributed by atoms with Gasteiger partial charge in [0.05, 0.1) is 30.9 Å². The van der Waals surface area contributed by atoms with E-state index < -0.39 is 11.9 Å². The van der Waals surface area contributed by atoms with E-state index in [0.717, 1.165) is 0 Å². The standard InChI is InChI=1S/C33H28O8/c34-30(24-7-3-1-4-8-24)26-11-15-28(16-12-26)32(36)40-22-21-38-19-20-39-23-41-33(37)29-17-13-27(14-18-29)31(35)25-9-5-2-6-10-25/h1-18H,19-23H2. The lowest BCUT2D eigenvalue weighted by Crippen LogP contribution is -2.15. The molecule has 0 aliphatic carbocycles. The van der Waals surface area contributed by atoms with Crippen molar-refractivity contribution in [2.75, 3.05) is 33.2 Å². The summed E-state index contributed by atoms with van der Waals surface area (Å²) in [5.74, 6) is -1.35. The molecule has 0 bridgehead atoms. The topological polar surface area (TPSA) is 105 Å². The van der Waals surface area contributed by atoms with E-state index >= 15 is 0 Å². The number of esters is 2. The van der Waals surface area contributed by atoms with Crippen molar-refractivity contribution in [3.05, 3.63) is 143 Å². The van der Waals surface area contributed by atoms with E-state index in [2.05, 4.69) is 0 Å². The number of benzene rings is 4. The smallest absolute Gasteiger partial charge is 0.340 e. The molecule has 0 heterocycles. The summed E-state index contributed by atoms with van der Waals surface area (Å²) in [6, 6.07) is 30.3. The Balaban J connectivity index is 1.06. The second-order valence-electron chi connectivity index (χ2n) is 8.75. The van der Waals surface area contributed by atoms with Crippen LogP contribution in [0.2, 0.25) is 0 Å². The van der Waals surface area contributed by atoms with E-state index in [1.807, 2.05) is 12.1 Å². The first-order valence-electron chi connectivity index (χ1n) is 12.9. The first-order valence-corrected chi connectivity index (χ1v) is 12.9. The van der Waals surface area contributed by atoms with Crippen LogP contribution in [-0.4, -0.2) is 56.7 Å². The Morgan fingerprint density at radius 1 is 0.390 bits per heavy atom. The first kappa shape index (κ1) is 29.1. The van der Waals surface area contributed by atoms with Crippen LogP contribution in [0.15, 0.2) is 109 Å². The molecule has 0 aliphatic heterocycles. The van der Waals surface area contributed by atoms with Crippen molar-refractivity contribution >= 4 is 23.5 Å². The van der Waals surface area contributed by atoms with Crippen molar-refractivity contribution in [1.82, 2.24) is 0 Å². The van der Waals surface area contributed by atoms with Gasteiger partial charge >= 0.3 is 11.9 Å². The van der Waals surface area contributed by atoms with E-state index in [4.69, 9.17) is 18.9 Å². The van der Waals surface area contributed by atoms with Crippen molar-refractivity contribution in [2.45, 2.75) is 0 Å². The molecule has 0 aliphatic rings. The van der Waals surface area contributed by atoms with Crippen LogP contribution in [0, 0.1) is 0 Å². The molecule has 0 unspecified atom stereocenters. The van der Waals surface area contributed by atoms with Crippen molar-refractivity contribution in [3.8, 4) is 0 Å². The molecular weight excluding hydrogens is 524 g/mol. The molecule has 4 rings (SSSR count). The molecule has 208 valence electrons. The van der Waals surface area contributed by atoms with E-state index in [9.17, 15) is 19.2 Å². The van der Waals surface area contributed by atoms with Crippen LogP contribution in [0.4, 0.5) is 0 Å². The van der Waals surface area contributed by atoms with Crippen molar-refractivity contribution in [3.63, 3.8) is 0 Å². The first-order chi connectivity index (χ1) is 20.0. The largest absolute Gasteiger partial charge is 0.460 e. The third-order valence-electron chi connectivity index (χ3n) is 5.94. The summed E-state index contributed by atoms with van der Waals surface area (Å²) in [6.07, 6.45) is 0. The molecule has 8 nitrogen and oxygen atoms in total. The number of ketones is 2. The van der Waals surface area contributed by atoms with Crippen LogP contribution >= 0.6 is 0 Å². The zero-order valence-corrected chi connectivity index (χ0v) is 22.2. The maximum atomic E-state index is 12.5. The molecule has 0 amide bonds. The summed E-state index contributed by atoms with van der Waals surface area (Å²) in [5, 5.41) is 0. The molecule has 8 heteroatoms. The molecule has 4 aromatic carbocycles. The van der Waals surface area contributed by atoms with Gasteiger partial charge in [-0.2, -0.15) is 0 Å². The Labute approximate surface area is 237 Å². The average molecular weight is 553 g/mol. The Hall–Kier alpha value is -4.92. The van der Waals surface area contributed by atoms with Gasteiger partial charge in [0.15, 0.2) is 18.4 Å². The quantitative estimate of drug-likeness (QED) is 0.0915. The second-order valence-corrected chi connectivity index (χ2v) is 8.75. The molecule has 4 aromatic rings. The van der Waals surface area contributed by atoms with Crippen molar-refractivity contribution in [1.29, 1.82) is 0 Å². The molecule has 0 radical (unpaired) electrons. The van der Waals surface area contributed by atoms with Gasteiger partial charge in [0.2, 0.25) is 0 Å². The van der Waals surface area contributed by atoms with Gasteiger partial charge in [-0.05, 0) is 24.3 Å². The molecule has 0 fully saturated rings. The molecule has 0 spiro atoms. The van der Waals surface area contributed by atoms with Crippen LogP contribution in [-0.2, 0) is 18.9 Å². The number of carbonyl (C=O) groups is 4. The normalized spacial score (nSPS) is 10.5. The van der Waals surface area contributed by atoms with E-state index in [1.54, 1.807) is 84.9 Å². The summed E-state index contributed by atoms with van der Waals surface area (Å²) in [4.78, 5) is 49.3. The fraction of sp³-hybridized carbons (Fsp3) is 0.152.